The van der Waals surface area contributed by atoms with Gasteiger partial charge in [0, 0.05) is 34.5 Å². The van der Waals surface area contributed by atoms with Gasteiger partial charge in [0.25, 0.3) is 0 Å². The summed E-state index contributed by atoms with van der Waals surface area (Å²) in [6.07, 6.45) is 1.48. The smallest absolute Gasteiger partial charge is 0.171 e. The molecule has 4 nitrogen and oxygen atoms in total. The summed E-state index contributed by atoms with van der Waals surface area (Å²) in [6, 6.07) is 1.31. The third-order valence-electron chi connectivity index (χ3n) is 2.96. The average Bonchev–Trinajstić information content (AvgIpc) is 2.39. The van der Waals surface area contributed by atoms with Gasteiger partial charge in [-0.25, -0.2) is 17.8 Å². The molecule has 1 unspecified atom stereocenters. The third-order valence-corrected chi connectivity index (χ3v) is 6.68. The molecule has 1 aromatic rings. The predicted octanol–water partition coefficient (Wildman–Crippen LogP) is 2.30. The molecule has 0 amide bonds. The summed E-state index contributed by atoms with van der Waals surface area (Å²) in [5.41, 5.74) is 0. The highest BCUT2D eigenvalue weighted by molar-refractivity contribution is 9.10. The van der Waals surface area contributed by atoms with Crippen molar-refractivity contribution in [2.75, 3.05) is 28.7 Å². The van der Waals surface area contributed by atoms with E-state index in [1.807, 2.05) is 0 Å². The van der Waals surface area contributed by atoms with E-state index in [1.54, 1.807) is 23.6 Å². The Bertz CT molecular complexity index is 568. The van der Waals surface area contributed by atoms with Gasteiger partial charge in [-0.15, -0.1) is 0 Å². The largest absolute Gasteiger partial charge is 0.336 e. The maximum absolute atomic E-state index is 14.0. The van der Waals surface area contributed by atoms with Crippen molar-refractivity contribution < 1.29 is 12.8 Å². The summed E-state index contributed by atoms with van der Waals surface area (Å²) in [7, 11) is -3.26. The SMILES string of the molecule is CCS(=O)(=O)C1CSCCN1c1ncc(Br)cc1F. The van der Waals surface area contributed by atoms with E-state index in [9.17, 15) is 12.8 Å². The number of rotatable bonds is 3. The molecule has 1 fully saturated rings. The second kappa shape index (κ2) is 5.97. The zero-order valence-electron chi connectivity index (χ0n) is 10.3. The van der Waals surface area contributed by atoms with Crippen LogP contribution < -0.4 is 4.90 Å². The van der Waals surface area contributed by atoms with Crippen molar-refractivity contribution in [3.8, 4) is 0 Å². The third kappa shape index (κ3) is 3.22. The van der Waals surface area contributed by atoms with Gasteiger partial charge in [0.15, 0.2) is 21.5 Å². The molecule has 106 valence electrons. The van der Waals surface area contributed by atoms with Crippen LogP contribution in [-0.2, 0) is 9.84 Å². The Hall–Kier alpha value is -0.340. The van der Waals surface area contributed by atoms with Crippen LogP contribution in [0, 0.1) is 5.82 Å². The van der Waals surface area contributed by atoms with Gasteiger partial charge >= 0.3 is 0 Å². The molecule has 2 rings (SSSR count). The molecule has 0 N–H and O–H groups in total. The van der Waals surface area contributed by atoms with Crippen molar-refractivity contribution >= 4 is 43.3 Å². The average molecular weight is 369 g/mol. The number of hydrogen-bond acceptors (Lipinski definition) is 5. The van der Waals surface area contributed by atoms with Crippen LogP contribution in [0.1, 0.15) is 6.92 Å². The number of anilines is 1. The van der Waals surface area contributed by atoms with Gasteiger partial charge in [0.05, 0.1) is 0 Å². The highest BCUT2D eigenvalue weighted by Gasteiger charge is 2.34. The van der Waals surface area contributed by atoms with Gasteiger partial charge in [-0.2, -0.15) is 11.8 Å². The molecular formula is C11H14BrFN2O2S2. The summed E-state index contributed by atoms with van der Waals surface area (Å²) in [5.74, 6) is 0.885. The van der Waals surface area contributed by atoms with Crippen LogP contribution in [0.15, 0.2) is 16.7 Å². The molecule has 1 aliphatic heterocycles. The Kier molecular flexibility index (Phi) is 4.73. The highest BCUT2D eigenvalue weighted by atomic mass is 79.9. The number of halogens is 2. The molecule has 0 aliphatic carbocycles. The number of hydrogen-bond donors (Lipinski definition) is 0. The number of aromatic nitrogens is 1. The van der Waals surface area contributed by atoms with Gasteiger partial charge in [-0.3, -0.25) is 0 Å². The first kappa shape index (κ1) is 15.1. The van der Waals surface area contributed by atoms with Crippen LogP contribution in [0.3, 0.4) is 0 Å². The van der Waals surface area contributed by atoms with E-state index < -0.39 is 21.0 Å². The molecule has 1 aromatic heterocycles. The lowest BCUT2D eigenvalue weighted by atomic mass is 10.4. The van der Waals surface area contributed by atoms with Gasteiger partial charge in [0.2, 0.25) is 0 Å². The Morgan fingerprint density at radius 1 is 1.63 bits per heavy atom. The van der Waals surface area contributed by atoms with Crippen LogP contribution in [0.5, 0.6) is 0 Å². The lowest BCUT2D eigenvalue weighted by Crippen LogP contribution is -2.48. The van der Waals surface area contributed by atoms with Crippen molar-refractivity contribution in [2.45, 2.75) is 12.3 Å². The molecule has 0 bridgehead atoms. The van der Waals surface area contributed by atoms with Crippen LogP contribution in [0.25, 0.3) is 0 Å². The zero-order valence-corrected chi connectivity index (χ0v) is 13.6. The molecule has 0 radical (unpaired) electrons. The van der Waals surface area contributed by atoms with E-state index in [0.29, 0.717) is 16.8 Å². The summed E-state index contributed by atoms with van der Waals surface area (Å²) in [5, 5.41) is -0.695. The Morgan fingerprint density at radius 3 is 3.00 bits per heavy atom. The molecule has 1 atom stereocenters. The first-order valence-corrected chi connectivity index (χ1v) is 9.49. The number of nitrogens with zero attached hydrogens (tertiary/aromatic N) is 2. The van der Waals surface area contributed by atoms with Crippen molar-refractivity contribution in [2.24, 2.45) is 0 Å². The fourth-order valence-corrected chi connectivity index (χ4v) is 5.21. The van der Waals surface area contributed by atoms with Crippen molar-refractivity contribution in [1.82, 2.24) is 4.98 Å². The first-order chi connectivity index (χ1) is 8.95. The molecule has 2 heterocycles. The lowest BCUT2D eigenvalue weighted by Gasteiger charge is -2.35. The van der Waals surface area contributed by atoms with Gasteiger partial charge < -0.3 is 4.90 Å². The molecule has 19 heavy (non-hydrogen) atoms. The monoisotopic (exact) mass is 368 g/mol. The Morgan fingerprint density at radius 2 is 2.37 bits per heavy atom. The predicted molar refractivity (Wildman–Crippen MR) is 79.8 cm³/mol. The molecule has 1 saturated heterocycles. The van der Waals surface area contributed by atoms with Crippen LogP contribution in [0.4, 0.5) is 10.2 Å². The van der Waals surface area contributed by atoms with Crippen molar-refractivity contribution in [3.63, 3.8) is 0 Å². The van der Waals surface area contributed by atoms with E-state index in [1.165, 1.54) is 12.3 Å². The zero-order chi connectivity index (χ0) is 14.0. The molecule has 1 aliphatic rings. The van der Waals surface area contributed by atoms with E-state index in [2.05, 4.69) is 20.9 Å². The fraction of sp³-hybridized carbons (Fsp3) is 0.545. The minimum atomic E-state index is -3.26. The molecule has 0 saturated carbocycles. The number of thioether (sulfide) groups is 1. The van der Waals surface area contributed by atoms with Gasteiger partial charge in [-0.05, 0) is 22.0 Å². The second-order valence-corrected chi connectivity index (χ2v) is 8.65. The van der Waals surface area contributed by atoms with Crippen LogP contribution >= 0.6 is 27.7 Å². The summed E-state index contributed by atoms with van der Waals surface area (Å²) >= 11 is 4.72. The summed E-state index contributed by atoms with van der Waals surface area (Å²) < 4.78 is 38.7. The molecular weight excluding hydrogens is 355 g/mol. The van der Waals surface area contributed by atoms with E-state index in [4.69, 9.17) is 0 Å². The summed E-state index contributed by atoms with van der Waals surface area (Å²) in [6.45, 7) is 2.10. The van der Waals surface area contributed by atoms with Gasteiger partial charge in [0.1, 0.15) is 5.37 Å². The summed E-state index contributed by atoms with van der Waals surface area (Å²) in [4.78, 5) is 5.60. The molecule has 0 aromatic carbocycles. The maximum atomic E-state index is 14.0. The van der Waals surface area contributed by atoms with Crippen molar-refractivity contribution in [1.29, 1.82) is 0 Å². The number of pyridine rings is 1. The molecule has 8 heteroatoms. The molecule has 0 spiro atoms. The lowest BCUT2D eigenvalue weighted by molar-refractivity contribution is 0.571. The van der Waals surface area contributed by atoms with Gasteiger partial charge in [-0.1, -0.05) is 6.92 Å². The fourth-order valence-electron chi connectivity index (χ4n) is 1.93. The Labute approximate surface area is 124 Å². The first-order valence-electron chi connectivity index (χ1n) is 5.82. The quantitative estimate of drug-likeness (QED) is 0.819. The van der Waals surface area contributed by atoms with E-state index in [-0.39, 0.29) is 11.6 Å². The maximum Gasteiger partial charge on any atom is 0.171 e. The second-order valence-electron chi connectivity index (χ2n) is 4.13. The van der Waals surface area contributed by atoms with E-state index in [0.717, 1.165) is 5.75 Å². The van der Waals surface area contributed by atoms with E-state index >= 15 is 0 Å². The van der Waals surface area contributed by atoms with Crippen LogP contribution in [0.2, 0.25) is 0 Å². The van der Waals surface area contributed by atoms with Crippen LogP contribution in [-0.4, -0.2) is 42.6 Å². The topological polar surface area (TPSA) is 50.3 Å². The highest BCUT2D eigenvalue weighted by Crippen LogP contribution is 2.28. The minimum absolute atomic E-state index is 0.0485. The number of sulfone groups is 1. The Balaban J connectivity index is 2.40. The standard InChI is InChI=1S/C11H14BrFN2O2S2/c1-2-19(16,17)10-7-18-4-3-15(10)11-9(13)5-8(12)6-14-11/h5-6,10H,2-4,7H2,1H3. The normalized spacial score (nSPS) is 20.6. The van der Waals surface area contributed by atoms with Crippen molar-refractivity contribution in [3.05, 3.63) is 22.6 Å². The minimum Gasteiger partial charge on any atom is -0.336 e.